The lowest BCUT2D eigenvalue weighted by atomic mass is 9.96. The number of rotatable bonds is 4. The van der Waals surface area contributed by atoms with E-state index in [2.05, 4.69) is 59.3 Å². The second-order valence-electron chi connectivity index (χ2n) is 5.90. The third-order valence-corrected chi connectivity index (χ3v) is 5.70. The van der Waals surface area contributed by atoms with Crippen molar-refractivity contribution in [3.8, 4) is 0 Å². The van der Waals surface area contributed by atoms with Crippen LogP contribution in [0.3, 0.4) is 0 Å². The Morgan fingerprint density at radius 3 is 2.50 bits per heavy atom. The minimum absolute atomic E-state index is 0.0294. The fourth-order valence-electron chi connectivity index (χ4n) is 3.17. The van der Waals surface area contributed by atoms with Crippen molar-refractivity contribution in [1.29, 1.82) is 0 Å². The van der Waals surface area contributed by atoms with Gasteiger partial charge in [0.2, 0.25) is 0 Å². The van der Waals surface area contributed by atoms with Crippen LogP contribution in [0.25, 0.3) is 0 Å². The minimum Gasteiger partial charge on any atom is -0.352 e. The van der Waals surface area contributed by atoms with Gasteiger partial charge in [0, 0.05) is 10.6 Å². The van der Waals surface area contributed by atoms with Crippen LogP contribution in [0.5, 0.6) is 0 Å². The van der Waals surface area contributed by atoms with Gasteiger partial charge in [-0.1, -0.05) is 38.0 Å². The summed E-state index contributed by atoms with van der Waals surface area (Å²) >= 11 is 7.38. The van der Waals surface area contributed by atoms with E-state index in [4.69, 9.17) is 12.2 Å². The van der Waals surface area contributed by atoms with Crippen molar-refractivity contribution < 1.29 is 0 Å². The molecule has 116 valence electrons. The van der Waals surface area contributed by atoms with E-state index in [1.54, 1.807) is 0 Å². The Kier molecular flexibility index (Phi) is 4.79. The van der Waals surface area contributed by atoms with Crippen LogP contribution in [0, 0.1) is 0 Å². The molecule has 2 nitrogen and oxygen atoms in total. The van der Waals surface area contributed by atoms with Gasteiger partial charge in [-0.05, 0) is 60.6 Å². The van der Waals surface area contributed by atoms with Crippen molar-refractivity contribution in [3.05, 3.63) is 52.2 Å². The van der Waals surface area contributed by atoms with E-state index in [9.17, 15) is 0 Å². The lowest BCUT2D eigenvalue weighted by molar-refractivity contribution is 0.417. The number of anilines is 1. The zero-order chi connectivity index (χ0) is 15.4. The molecule has 1 aliphatic carbocycles. The van der Waals surface area contributed by atoms with Crippen molar-refractivity contribution in [2.75, 3.05) is 5.32 Å². The predicted molar refractivity (Wildman–Crippen MR) is 99.6 cm³/mol. The fraction of sp³-hybridized carbons (Fsp3) is 0.389. The standard InChI is InChI=1S/C18H22N2S2/c1-2-14-7-9-15(10-8-14)19-17(21)20-18(11-3-4-12-18)16-6-5-13-22-16/h5-10,13H,2-4,11-12H2,1H3,(H2,19,20,21). The first-order chi connectivity index (χ1) is 10.7. The quantitative estimate of drug-likeness (QED) is 0.766. The number of aryl methyl sites for hydroxylation is 1. The molecule has 4 heteroatoms. The SMILES string of the molecule is CCc1ccc(NC(=S)NC2(c3cccs3)CCCC2)cc1. The molecule has 0 bridgehead atoms. The summed E-state index contributed by atoms with van der Waals surface area (Å²) in [6.07, 6.45) is 5.90. The third kappa shape index (κ3) is 3.33. The predicted octanol–water partition coefficient (Wildman–Crippen LogP) is 5.07. The molecule has 2 N–H and O–H groups in total. The van der Waals surface area contributed by atoms with Gasteiger partial charge < -0.3 is 10.6 Å². The lowest BCUT2D eigenvalue weighted by Crippen LogP contribution is -2.45. The van der Waals surface area contributed by atoms with E-state index in [0.29, 0.717) is 0 Å². The number of hydrogen-bond acceptors (Lipinski definition) is 2. The number of hydrogen-bond donors (Lipinski definition) is 2. The van der Waals surface area contributed by atoms with Crippen LogP contribution < -0.4 is 10.6 Å². The van der Waals surface area contributed by atoms with Crippen molar-refractivity contribution >= 4 is 34.4 Å². The molecule has 3 rings (SSSR count). The number of benzene rings is 1. The molecule has 0 radical (unpaired) electrons. The number of nitrogens with one attached hydrogen (secondary N) is 2. The summed E-state index contributed by atoms with van der Waals surface area (Å²) in [7, 11) is 0. The summed E-state index contributed by atoms with van der Waals surface area (Å²) in [6.45, 7) is 2.17. The second-order valence-corrected chi connectivity index (χ2v) is 7.25. The first-order valence-electron chi connectivity index (χ1n) is 7.94. The summed E-state index contributed by atoms with van der Waals surface area (Å²) in [4.78, 5) is 1.40. The van der Waals surface area contributed by atoms with Crippen LogP contribution in [-0.4, -0.2) is 5.11 Å². The third-order valence-electron chi connectivity index (χ3n) is 4.42. The molecule has 0 amide bonds. The highest BCUT2D eigenvalue weighted by Crippen LogP contribution is 2.40. The van der Waals surface area contributed by atoms with Crippen LogP contribution in [0.15, 0.2) is 41.8 Å². The van der Waals surface area contributed by atoms with E-state index >= 15 is 0 Å². The molecular formula is C18H22N2S2. The molecule has 1 saturated carbocycles. The molecule has 0 saturated heterocycles. The maximum absolute atomic E-state index is 5.56. The molecule has 1 fully saturated rings. The Labute approximate surface area is 142 Å². The van der Waals surface area contributed by atoms with Crippen molar-refractivity contribution in [3.63, 3.8) is 0 Å². The van der Waals surface area contributed by atoms with Crippen molar-refractivity contribution in [2.24, 2.45) is 0 Å². The summed E-state index contributed by atoms with van der Waals surface area (Å²) in [5, 5.41) is 9.81. The van der Waals surface area contributed by atoms with Crippen LogP contribution in [0.2, 0.25) is 0 Å². The fourth-order valence-corrected chi connectivity index (χ4v) is 4.42. The lowest BCUT2D eigenvalue weighted by Gasteiger charge is -2.31. The highest BCUT2D eigenvalue weighted by atomic mass is 32.1. The van der Waals surface area contributed by atoms with Crippen LogP contribution in [-0.2, 0) is 12.0 Å². The topological polar surface area (TPSA) is 24.1 Å². The monoisotopic (exact) mass is 330 g/mol. The molecule has 0 aliphatic heterocycles. The van der Waals surface area contributed by atoms with Gasteiger partial charge in [0.1, 0.15) is 0 Å². The molecule has 1 aliphatic rings. The maximum atomic E-state index is 5.56. The van der Waals surface area contributed by atoms with E-state index in [0.717, 1.165) is 30.1 Å². The van der Waals surface area contributed by atoms with Gasteiger partial charge in [-0.3, -0.25) is 0 Å². The van der Waals surface area contributed by atoms with Gasteiger partial charge in [0.25, 0.3) is 0 Å². The Hall–Kier alpha value is -1.39. The van der Waals surface area contributed by atoms with Gasteiger partial charge in [-0.15, -0.1) is 11.3 Å². The van der Waals surface area contributed by atoms with E-state index < -0.39 is 0 Å². The Bertz CT molecular complexity index is 611. The maximum Gasteiger partial charge on any atom is 0.171 e. The van der Waals surface area contributed by atoms with E-state index in [1.807, 2.05) is 11.3 Å². The van der Waals surface area contributed by atoms with Crippen LogP contribution in [0.1, 0.15) is 43.0 Å². The zero-order valence-electron chi connectivity index (χ0n) is 12.9. The Balaban J connectivity index is 1.69. The molecule has 0 atom stereocenters. The molecule has 2 aromatic rings. The van der Waals surface area contributed by atoms with Crippen LogP contribution in [0.4, 0.5) is 5.69 Å². The second kappa shape index (κ2) is 6.80. The van der Waals surface area contributed by atoms with Gasteiger partial charge in [0.05, 0.1) is 5.54 Å². The summed E-state index contributed by atoms with van der Waals surface area (Å²) < 4.78 is 0. The molecule has 1 aromatic carbocycles. The van der Waals surface area contributed by atoms with Gasteiger partial charge >= 0.3 is 0 Å². The van der Waals surface area contributed by atoms with E-state index in [1.165, 1.54) is 23.3 Å². The van der Waals surface area contributed by atoms with Gasteiger partial charge in [-0.25, -0.2) is 0 Å². The van der Waals surface area contributed by atoms with Crippen molar-refractivity contribution in [2.45, 2.75) is 44.6 Å². The average Bonchev–Trinajstić information content (AvgIpc) is 3.19. The summed E-state index contributed by atoms with van der Waals surface area (Å²) in [5.41, 5.74) is 2.42. The molecule has 1 aromatic heterocycles. The van der Waals surface area contributed by atoms with E-state index in [-0.39, 0.29) is 5.54 Å². The Morgan fingerprint density at radius 1 is 1.18 bits per heavy atom. The zero-order valence-corrected chi connectivity index (χ0v) is 14.5. The minimum atomic E-state index is 0.0294. The largest absolute Gasteiger partial charge is 0.352 e. The molecule has 0 unspecified atom stereocenters. The molecular weight excluding hydrogens is 308 g/mol. The summed E-state index contributed by atoms with van der Waals surface area (Å²) in [6, 6.07) is 12.8. The normalized spacial score (nSPS) is 16.4. The first-order valence-corrected chi connectivity index (χ1v) is 9.23. The van der Waals surface area contributed by atoms with Crippen LogP contribution >= 0.6 is 23.6 Å². The average molecular weight is 331 g/mol. The number of thiocarbonyl (C=S) groups is 1. The summed E-state index contributed by atoms with van der Waals surface area (Å²) in [5.74, 6) is 0. The number of thiophene rings is 1. The molecule has 0 spiro atoms. The first kappa shape index (κ1) is 15.5. The molecule has 1 heterocycles. The van der Waals surface area contributed by atoms with Gasteiger partial charge in [0.15, 0.2) is 5.11 Å². The van der Waals surface area contributed by atoms with Crippen molar-refractivity contribution in [1.82, 2.24) is 5.32 Å². The smallest absolute Gasteiger partial charge is 0.171 e. The highest BCUT2D eigenvalue weighted by molar-refractivity contribution is 7.80. The molecule has 22 heavy (non-hydrogen) atoms. The Morgan fingerprint density at radius 2 is 1.91 bits per heavy atom. The highest BCUT2D eigenvalue weighted by Gasteiger charge is 2.37. The van der Waals surface area contributed by atoms with Gasteiger partial charge in [-0.2, -0.15) is 0 Å².